The molecule has 0 aliphatic rings. The first kappa shape index (κ1) is 32.8. The molecule has 0 heterocycles. The number of halogens is 3. The van der Waals surface area contributed by atoms with Crippen LogP contribution >= 0.6 is 0 Å². The summed E-state index contributed by atoms with van der Waals surface area (Å²) >= 11 is 0. The Labute approximate surface area is 240 Å². The maximum absolute atomic E-state index is 2.45. The molecule has 34 heavy (non-hydrogen) atoms. The fourth-order valence-electron chi connectivity index (χ4n) is 5.01. The zero-order valence-corrected chi connectivity index (χ0v) is 25.5. The molecule has 0 saturated carbocycles. The van der Waals surface area contributed by atoms with Gasteiger partial charge in [0, 0.05) is 0 Å². The van der Waals surface area contributed by atoms with Crippen LogP contribution in [0.5, 0.6) is 0 Å². The molecule has 0 aliphatic heterocycles. The second-order valence-corrected chi connectivity index (χ2v) is 12.5. The van der Waals surface area contributed by atoms with Gasteiger partial charge in [-0.1, -0.05) is 133 Å². The minimum Gasteiger partial charge on any atom is -1.00 e. The van der Waals surface area contributed by atoms with Crippen molar-refractivity contribution in [2.75, 3.05) is 0 Å². The summed E-state index contributed by atoms with van der Waals surface area (Å²) in [5.41, 5.74) is 8.41. The van der Waals surface area contributed by atoms with Crippen LogP contribution in [0.25, 0.3) is 0 Å². The van der Waals surface area contributed by atoms with Crippen LogP contribution in [0.15, 0.2) is 78.9 Å². The summed E-state index contributed by atoms with van der Waals surface area (Å²) in [6.45, 7) is 13.6. The molecule has 4 aromatic carbocycles. The molecule has 0 aromatic heterocycles. The Bertz CT molecular complexity index is 1110. The Kier molecular flexibility index (Phi) is 12.7. The van der Waals surface area contributed by atoms with Crippen LogP contribution in [0, 0.1) is 41.5 Å². The predicted molar refractivity (Wildman–Crippen MR) is 134 cm³/mol. The van der Waals surface area contributed by atoms with Gasteiger partial charge in [-0.25, -0.2) is 0 Å². The van der Waals surface area contributed by atoms with Gasteiger partial charge in [-0.2, -0.15) is 22.3 Å². The first-order valence-electron chi connectivity index (χ1n) is 10.8. The van der Waals surface area contributed by atoms with Crippen molar-refractivity contribution >= 4 is 28.8 Å². The second-order valence-electron chi connectivity index (χ2n) is 8.72. The molecule has 0 spiro atoms. The molecular weight excluding hydrogens is 531 g/mol. The smallest absolute Gasteiger partial charge is 1.00 e. The molecule has 0 aliphatic carbocycles. The molecule has 0 fully saturated rings. The third-order valence-corrected chi connectivity index (χ3v) is 12.1. The minimum atomic E-state index is -2.45. The van der Waals surface area contributed by atoms with Crippen LogP contribution in [-0.2, 0) is 21.7 Å². The average Bonchev–Trinajstić information content (AvgIpc) is 2.95. The van der Waals surface area contributed by atoms with Gasteiger partial charge >= 0.3 is 21.7 Å². The van der Waals surface area contributed by atoms with Crippen molar-refractivity contribution in [3.63, 3.8) is 0 Å². The molecule has 4 aromatic rings. The summed E-state index contributed by atoms with van der Waals surface area (Å²) in [6.07, 6.45) is 0. The maximum Gasteiger partial charge on any atom is 4.00 e. The summed E-state index contributed by atoms with van der Waals surface area (Å²) in [4.78, 5) is 0. The van der Waals surface area contributed by atoms with Crippen LogP contribution in [0.2, 0.25) is 0 Å². The summed E-state index contributed by atoms with van der Waals surface area (Å²) in [5.74, 6) is 0. The number of aryl methyl sites for hydroxylation is 2. The Morgan fingerprint density at radius 1 is 0.471 bits per heavy atom. The van der Waals surface area contributed by atoms with Crippen LogP contribution in [-0.4, -0.2) is 8.07 Å². The summed E-state index contributed by atoms with van der Waals surface area (Å²) in [5, 5.41) is 5.93. The van der Waals surface area contributed by atoms with Gasteiger partial charge in [-0.15, -0.1) is 5.19 Å². The van der Waals surface area contributed by atoms with E-state index in [2.05, 4.69) is 120 Å². The van der Waals surface area contributed by atoms with Crippen LogP contribution < -0.4 is 58.0 Å². The van der Waals surface area contributed by atoms with E-state index in [0.29, 0.717) is 0 Å². The molecule has 0 N–H and O–H groups in total. The predicted octanol–water partition coefficient (Wildman–Crippen LogP) is -4.36. The van der Waals surface area contributed by atoms with Gasteiger partial charge in [0.25, 0.3) is 0 Å². The zero-order valence-electron chi connectivity index (χ0n) is 20.6. The molecule has 0 bridgehead atoms. The van der Waals surface area contributed by atoms with E-state index in [0.717, 1.165) is 0 Å². The van der Waals surface area contributed by atoms with Crippen molar-refractivity contribution in [2.45, 2.75) is 41.5 Å². The van der Waals surface area contributed by atoms with E-state index in [1.807, 2.05) is 0 Å². The van der Waals surface area contributed by atoms with Gasteiger partial charge in [0.05, 0.1) is 0 Å². The zero-order chi connectivity index (χ0) is 21.5. The third-order valence-electron chi connectivity index (χ3n) is 6.99. The molecule has 0 amide bonds. The molecule has 0 unspecified atom stereocenters. The van der Waals surface area contributed by atoms with Gasteiger partial charge in [0.1, 0.15) is 8.07 Å². The van der Waals surface area contributed by atoms with Crippen molar-refractivity contribution in [3.05, 3.63) is 112 Å². The van der Waals surface area contributed by atoms with Crippen molar-refractivity contribution in [3.8, 4) is 0 Å². The van der Waals surface area contributed by atoms with E-state index in [1.165, 1.54) is 48.9 Å². The van der Waals surface area contributed by atoms with E-state index < -0.39 is 8.07 Å². The Hall–Kier alpha value is -1.19. The SMILES string of the molecule is Cc1ccc([Si](c2ccccc2)(c2ccc(C)cc2)[c-]2c(C)c(C)c(C)c2C)cc1.[Cl-].[Cl-].[Cl-].[Ti+4]. The Morgan fingerprint density at radius 2 is 0.794 bits per heavy atom. The normalized spacial score (nSPS) is 10.3. The second kappa shape index (κ2) is 13.2. The van der Waals surface area contributed by atoms with E-state index in [1.54, 1.807) is 5.19 Å². The number of hydrogen-bond acceptors (Lipinski definition) is 0. The van der Waals surface area contributed by atoms with Gasteiger partial charge in [-0.05, 0) is 13.8 Å². The first-order valence-corrected chi connectivity index (χ1v) is 12.8. The Balaban J connectivity index is 0.00000272. The monoisotopic (exact) mass is 560 g/mol. The quantitative estimate of drug-likeness (QED) is 0.134. The molecule has 0 nitrogen and oxygen atoms in total. The van der Waals surface area contributed by atoms with Crippen LogP contribution in [0.3, 0.4) is 0 Å². The molecule has 4 rings (SSSR count). The largest absolute Gasteiger partial charge is 4.00 e. The first-order chi connectivity index (χ1) is 14.4. The van der Waals surface area contributed by atoms with Crippen molar-refractivity contribution in [1.82, 2.24) is 0 Å². The Morgan fingerprint density at radius 3 is 1.15 bits per heavy atom. The standard InChI is InChI=1S/C29H31Si.3ClH.Ti/c1-20-12-16-27(17-13-20)30(26-10-8-7-9-11-26,28-18-14-21(2)15-19-28)29-24(5)22(3)23(4)25(29)6;;;;/h7-19H,1-6H3;3*1H;/q-1;;;;+4/p-3. The van der Waals surface area contributed by atoms with Gasteiger partial charge in [-0.3, -0.25) is 0 Å². The molecule has 0 atom stereocenters. The van der Waals surface area contributed by atoms with Gasteiger partial charge in [0.15, 0.2) is 0 Å². The molecular formula is C29H31Cl3SiTi. The number of benzene rings is 3. The topological polar surface area (TPSA) is 0 Å². The van der Waals surface area contributed by atoms with Crippen molar-refractivity contribution < 1.29 is 58.9 Å². The average molecular weight is 562 g/mol. The van der Waals surface area contributed by atoms with Gasteiger partial charge in [0.2, 0.25) is 0 Å². The number of rotatable bonds is 4. The molecule has 176 valence electrons. The fraction of sp³-hybridized carbons (Fsp3) is 0.207. The molecule has 0 radical (unpaired) electrons. The maximum atomic E-state index is 2.38. The van der Waals surface area contributed by atoms with Gasteiger partial charge < -0.3 is 37.2 Å². The van der Waals surface area contributed by atoms with E-state index >= 15 is 0 Å². The van der Waals surface area contributed by atoms with E-state index in [-0.39, 0.29) is 58.9 Å². The fourth-order valence-corrected chi connectivity index (χ4v) is 10.4. The van der Waals surface area contributed by atoms with Crippen molar-refractivity contribution in [2.24, 2.45) is 0 Å². The minimum absolute atomic E-state index is 0. The van der Waals surface area contributed by atoms with E-state index in [9.17, 15) is 0 Å². The van der Waals surface area contributed by atoms with Crippen LogP contribution in [0.1, 0.15) is 33.4 Å². The third kappa shape index (κ3) is 5.46. The molecule has 0 saturated heterocycles. The molecule has 5 heteroatoms. The van der Waals surface area contributed by atoms with Crippen molar-refractivity contribution in [1.29, 1.82) is 0 Å². The summed E-state index contributed by atoms with van der Waals surface area (Å²) < 4.78 is 0. The van der Waals surface area contributed by atoms with Crippen LogP contribution in [0.4, 0.5) is 0 Å². The number of hydrogen-bond donors (Lipinski definition) is 0. The van der Waals surface area contributed by atoms with E-state index in [4.69, 9.17) is 0 Å². The summed E-state index contributed by atoms with van der Waals surface area (Å²) in [6, 6.07) is 29.9. The summed E-state index contributed by atoms with van der Waals surface area (Å²) in [7, 11) is -2.45.